The molecule has 2 atom stereocenters. The fraction of sp³-hybridized carbons (Fsp3) is 1.00. The Balaban J connectivity index is 1.42. The maximum Gasteiger partial charge on any atom is 0.0730 e. The van der Waals surface area contributed by atoms with E-state index in [2.05, 4.69) is 10.2 Å². The number of fused-ring (bicyclic) bond motifs is 1. The van der Waals surface area contributed by atoms with E-state index in [9.17, 15) is 0 Å². The van der Waals surface area contributed by atoms with Gasteiger partial charge in [-0.25, -0.2) is 0 Å². The largest absolute Gasteiger partial charge is 0.381 e. The molecule has 0 bridgehead atoms. The van der Waals surface area contributed by atoms with E-state index in [1.807, 2.05) is 0 Å². The lowest BCUT2D eigenvalue weighted by atomic mass is 9.79. The van der Waals surface area contributed by atoms with E-state index in [0.29, 0.717) is 17.6 Å². The summed E-state index contributed by atoms with van der Waals surface area (Å²) in [6.07, 6.45) is 9.70. The molecule has 2 heterocycles. The van der Waals surface area contributed by atoms with E-state index < -0.39 is 0 Å². The van der Waals surface area contributed by atoms with Crippen LogP contribution in [-0.4, -0.2) is 62.5 Å². The summed E-state index contributed by atoms with van der Waals surface area (Å²) >= 11 is 0. The van der Waals surface area contributed by atoms with Crippen molar-refractivity contribution in [1.82, 2.24) is 10.2 Å². The number of morpholine rings is 1. The quantitative estimate of drug-likeness (QED) is 0.838. The number of nitrogens with one attached hydrogen (secondary N) is 1. The molecule has 2 saturated carbocycles. The van der Waals surface area contributed by atoms with Crippen molar-refractivity contribution in [2.45, 2.75) is 63.1 Å². The van der Waals surface area contributed by atoms with E-state index in [0.717, 1.165) is 32.4 Å². The molecule has 0 amide bonds. The van der Waals surface area contributed by atoms with Crippen molar-refractivity contribution in [1.29, 1.82) is 0 Å². The van der Waals surface area contributed by atoms with Crippen LogP contribution < -0.4 is 5.32 Å². The SMILES string of the molecule is C1CC2OCCN(CC3(CNC4CC4)CCOCC3)C2C1. The number of ether oxygens (including phenoxy) is 2. The average molecular weight is 294 g/mol. The molecule has 4 nitrogen and oxygen atoms in total. The van der Waals surface area contributed by atoms with Crippen molar-refractivity contribution in [3.8, 4) is 0 Å². The molecule has 4 fully saturated rings. The molecule has 2 aliphatic carbocycles. The number of hydrogen-bond donors (Lipinski definition) is 1. The predicted octanol–water partition coefficient (Wildman–Crippen LogP) is 1.79. The van der Waals surface area contributed by atoms with Gasteiger partial charge in [-0.15, -0.1) is 0 Å². The predicted molar refractivity (Wildman–Crippen MR) is 82.5 cm³/mol. The highest BCUT2D eigenvalue weighted by Gasteiger charge is 2.42. The second kappa shape index (κ2) is 6.15. The van der Waals surface area contributed by atoms with Gasteiger partial charge in [0.15, 0.2) is 0 Å². The maximum absolute atomic E-state index is 5.98. The number of nitrogens with zero attached hydrogens (tertiary/aromatic N) is 1. The van der Waals surface area contributed by atoms with Gasteiger partial charge in [-0.05, 0) is 50.4 Å². The van der Waals surface area contributed by atoms with Gasteiger partial charge in [-0.1, -0.05) is 0 Å². The minimum atomic E-state index is 0.436. The Hall–Kier alpha value is -0.160. The fourth-order valence-corrected chi connectivity index (χ4v) is 4.48. The lowest BCUT2D eigenvalue weighted by Gasteiger charge is -2.46. The van der Waals surface area contributed by atoms with E-state index in [4.69, 9.17) is 9.47 Å². The highest BCUT2D eigenvalue weighted by molar-refractivity contribution is 4.96. The summed E-state index contributed by atoms with van der Waals surface area (Å²) in [7, 11) is 0. The van der Waals surface area contributed by atoms with E-state index in [1.165, 1.54) is 58.0 Å². The minimum absolute atomic E-state index is 0.436. The summed E-state index contributed by atoms with van der Waals surface area (Å²) in [5.41, 5.74) is 0.436. The zero-order valence-corrected chi connectivity index (χ0v) is 13.2. The molecule has 4 rings (SSSR count). The second-order valence-electron chi connectivity index (χ2n) is 7.65. The zero-order valence-electron chi connectivity index (χ0n) is 13.2. The first-order valence-electron chi connectivity index (χ1n) is 9.02. The highest BCUT2D eigenvalue weighted by Crippen LogP contribution is 2.36. The van der Waals surface area contributed by atoms with Crippen LogP contribution in [0.2, 0.25) is 0 Å². The first-order valence-corrected chi connectivity index (χ1v) is 9.02. The Morgan fingerprint density at radius 2 is 1.90 bits per heavy atom. The molecule has 4 aliphatic rings. The normalized spacial score (nSPS) is 36.6. The summed E-state index contributed by atoms with van der Waals surface area (Å²) in [5.74, 6) is 0. The van der Waals surface area contributed by atoms with E-state index >= 15 is 0 Å². The van der Waals surface area contributed by atoms with Crippen LogP contribution in [0.3, 0.4) is 0 Å². The number of rotatable bonds is 5. The van der Waals surface area contributed by atoms with Crippen LogP contribution in [0.1, 0.15) is 44.9 Å². The topological polar surface area (TPSA) is 33.7 Å². The van der Waals surface area contributed by atoms with Crippen LogP contribution in [0, 0.1) is 5.41 Å². The van der Waals surface area contributed by atoms with E-state index in [-0.39, 0.29) is 0 Å². The molecule has 1 N–H and O–H groups in total. The molecule has 0 aromatic rings. The second-order valence-corrected chi connectivity index (χ2v) is 7.65. The summed E-state index contributed by atoms with van der Waals surface area (Å²) < 4.78 is 11.6. The van der Waals surface area contributed by atoms with Gasteiger partial charge in [0.25, 0.3) is 0 Å². The molecular formula is C17H30N2O2. The molecule has 0 spiro atoms. The summed E-state index contributed by atoms with van der Waals surface area (Å²) in [6, 6.07) is 1.51. The first-order chi connectivity index (χ1) is 10.3. The highest BCUT2D eigenvalue weighted by atomic mass is 16.5. The molecule has 21 heavy (non-hydrogen) atoms. The van der Waals surface area contributed by atoms with Crippen molar-refractivity contribution >= 4 is 0 Å². The van der Waals surface area contributed by atoms with Crippen molar-refractivity contribution in [2.75, 3.05) is 39.5 Å². The van der Waals surface area contributed by atoms with Gasteiger partial charge in [0.1, 0.15) is 0 Å². The standard InChI is InChI=1S/C17H30N2O2/c1-2-15-16(3-1)21-11-8-19(15)13-17(6-9-20-10-7-17)12-18-14-4-5-14/h14-16,18H,1-13H2. The van der Waals surface area contributed by atoms with Gasteiger partial charge < -0.3 is 14.8 Å². The summed E-state index contributed by atoms with van der Waals surface area (Å²) in [6.45, 7) is 6.41. The summed E-state index contributed by atoms with van der Waals surface area (Å²) in [5, 5.41) is 3.80. The van der Waals surface area contributed by atoms with Gasteiger partial charge in [0, 0.05) is 44.9 Å². The van der Waals surface area contributed by atoms with Gasteiger partial charge in [0.2, 0.25) is 0 Å². The molecule has 4 heteroatoms. The maximum atomic E-state index is 5.98. The van der Waals surface area contributed by atoms with Crippen LogP contribution >= 0.6 is 0 Å². The molecule has 2 saturated heterocycles. The van der Waals surface area contributed by atoms with Crippen molar-refractivity contribution in [3.05, 3.63) is 0 Å². The molecule has 0 radical (unpaired) electrons. The van der Waals surface area contributed by atoms with Crippen molar-refractivity contribution < 1.29 is 9.47 Å². The van der Waals surface area contributed by atoms with Gasteiger partial charge in [-0.3, -0.25) is 4.90 Å². The smallest absolute Gasteiger partial charge is 0.0730 e. The van der Waals surface area contributed by atoms with Crippen LogP contribution in [0.15, 0.2) is 0 Å². The lowest BCUT2D eigenvalue weighted by molar-refractivity contribution is -0.0823. The molecule has 0 aromatic heterocycles. The monoisotopic (exact) mass is 294 g/mol. The third-order valence-electron chi connectivity index (χ3n) is 6.03. The molecule has 2 aliphatic heterocycles. The minimum Gasteiger partial charge on any atom is -0.381 e. The van der Waals surface area contributed by atoms with Gasteiger partial charge in [-0.2, -0.15) is 0 Å². The summed E-state index contributed by atoms with van der Waals surface area (Å²) in [4.78, 5) is 2.76. The number of hydrogen-bond acceptors (Lipinski definition) is 4. The Labute approximate surface area is 128 Å². The van der Waals surface area contributed by atoms with Gasteiger partial charge in [0.05, 0.1) is 12.7 Å². The zero-order chi connectivity index (χ0) is 14.1. The first kappa shape index (κ1) is 14.4. The Kier molecular flexibility index (Phi) is 4.23. The van der Waals surface area contributed by atoms with Crippen LogP contribution in [0.5, 0.6) is 0 Å². The third kappa shape index (κ3) is 3.29. The molecule has 2 unspecified atom stereocenters. The Morgan fingerprint density at radius 3 is 2.71 bits per heavy atom. The van der Waals surface area contributed by atoms with Crippen LogP contribution in [-0.2, 0) is 9.47 Å². The van der Waals surface area contributed by atoms with Gasteiger partial charge >= 0.3 is 0 Å². The lowest BCUT2D eigenvalue weighted by Crippen LogP contribution is -2.55. The Morgan fingerprint density at radius 1 is 1.05 bits per heavy atom. The van der Waals surface area contributed by atoms with Crippen molar-refractivity contribution in [2.24, 2.45) is 5.41 Å². The Bertz CT molecular complexity index is 353. The third-order valence-corrected chi connectivity index (χ3v) is 6.03. The fourth-order valence-electron chi connectivity index (χ4n) is 4.48. The van der Waals surface area contributed by atoms with E-state index in [1.54, 1.807) is 0 Å². The molecular weight excluding hydrogens is 264 g/mol. The van der Waals surface area contributed by atoms with Crippen LogP contribution in [0.4, 0.5) is 0 Å². The van der Waals surface area contributed by atoms with Crippen molar-refractivity contribution in [3.63, 3.8) is 0 Å². The average Bonchev–Trinajstić information content (AvgIpc) is 3.22. The van der Waals surface area contributed by atoms with Crippen LogP contribution in [0.25, 0.3) is 0 Å². The molecule has 0 aromatic carbocycles. The molecule has 120 valence electrons.